The van der Waals surface area contributed by atoms with Crippen LogP contribution < -0.4 is 4.18 Å². The molecule has 0 aliphatic carbocycles. The van der Waals surface area contributed by atoms with E-state index in [1.165, 1.54) is 23.1 Å². The molecule has 0 amide bonds. The number of nitrogens with zero attached hydrogens (tertiary/aromatic N) is 4. The van der Waals surface area contributed by atoms with Gasteiger partial charge in [0.2, 0.25) is 0 Å². The van der Waals surface area contributed by atoms with E-state index in [2.05, 4.69) is 15.5 Å². The smallest absolute Gasteiger partial charge is 0.340 e. The summed E-state index contributed by atoms with van der Waals surface area (Å²) in [6.07, 6.45) is 1.39. The van der Waals surface area contributed by atoms with Crippen LogP contribution in [0.2, 0.25) is 5.02 Å². The van der Waals surface area contributed by atoms with E-state index < -0.39 is 15.9 Å². The van der Waals surface area contributed by atoms with Crippen molar-refractivity contribution in [3.63, 3.8) is 0 Å². The van der Waals surface area contributed by atoms with Crippen molar-refractivity contribution in [3.8, 4) is 11.4 Å². The van der Waals surface area contributed by atoms with Crippen molar-refractivity contribution < 1.29 is 17.0 Å². The first-order valence-electron chi connectivity index (χ1n) is 6.19. The molecular formula is C13H8ClFN4O3S. The fraction of sp³-hybridized carbons (Fsp3) is 0. The molecular weight excluding hydrogens is 347 g/mol. The van der Waals surface area contributed by atoms with Crippen LogP contribution >= 0.6 is 11.6 Å². The lowest BCUT2D eigenvalue weighted by Gasteiger charge is -2.09. The summed E-state index contributed by atoms with van der Waals surface area (Å²) in [5.74, 6) is -0.568. The van der Waals surface area contributed by atoms with Crippen LogP contribution in [0, 0.1) is 5.82 Å². The van der Waals surface area contributed by atoms with Gasteiger partial charge in [-0.05, 0) is 52.9 Å². The Labute approximate surface area is 135 Å². The van der Waals surface area contributed by atoms with E-state index in [0.29, 0.717) is 5.69 Å². The molecule has 1 aromatic heterocycles. The molecule has 0 atom stereocenters. The zero-order valence-electron chi connectivity index (χ0n) is 11.3. The van der Waals surface area contributed by atoms with Gasteiger partial charge in [-0.25, -0.2) is 9.07 Å². The maximum absolute atomic E-state index is 13.0. The normalized spacial score (nSPS) is 11.4. The average Bonchev–Trinajstić information content (AvgIpc) is 3.01. The molecule has 0 fully saturated rings. The van der Waals surface area contributed by atoms with Crippen molar-refractivity contribution >= 4 is 21.7 Å². The first-order chi connectivity index (χ1) is 11.0. The Bertz CT molecular complexity index is 930. The highest BCUT2D eigenvalue weighted by atomic mass is 35.5. The van der Waals surface area contributed by atoms with E-state index in [4.69, 9.17) is 15.8 Å². The highest BCUT2D eigenvalue weighted by molar-refractivity contribution is 7.87. The fourth-order valence-electron chi connectivity index (χ4n) is 1.78. The summed E-state index contributed by atoms with van der Waals surface area (Å²) >= 11 is 5.75. The first-order valence-corrected chi connectivity index (χ1v) is 7.97. The van der Waals surface area contributed by atoms with E-state index in [9.17, 15) is 12.8 Å². The highest BCUT2D eigenvalue weighted by Gasteiger charge is 2.20. The topological polar surface area (TPSA) is 87.0 Å². The average molecular weight is 355 g/mol. The minimum absolute atomic E-state index is 0.0715. The van der Waals surface area contributed by atoms with E-state index >= 15 is 0 Å². The Morgan fingerprint density at radius 1 is 1.13 bits per heavy atom. The molecule has 3 rings (SSSR count). The Kier molecular flexibility index (Phi) is 3.97. The van der Waals surface area contributed by atoms with Gasteiger partial charge < -0.3 is 4.18 Å². The molecule has 0 spiro atoms. The number of tetrazole rings is 1. The summed E-state index contributed by atoms with van der Waals surface area (Å²) in [5.41, 5.74) is 0.625. The molecule has 10 heteroatoms. The molecule has 0 aliphatic heterocycles. The standard InChI is InChI=1S/C13H8ClFN4O3S/c14-12-7-9(15)1-6-13(12)23(20,21)22-11-4-2-10(3-5-11)19-8-16-17-18-19/h1-8H. The van der Waals surface area contributed by atoms with Crippen LogP contribution in [0.25, 0.3) is 5.69 Å². The van der Waals surface area contributed by atoms with Gasteiger partial charge in [0.05, 0.1) is 10.7 Å². The van der Waals surface area contributed by atoms with Crippen molar-refractivity contribution in [2.45, 2.75) is 4.90 Å². The van der Waals surface area contributed by atoms with Crippen LogP contribution in [-0.2, 0) is 10.1 Å². The van der Waals surface area contributed by atoms with Crippen LogP contribution in [0.5, 0.6) is 5.75 Å². The van der Waals surface area contributed by atoms with Crippen molar-refractivity contribution in [1.29, 1.82) is 0 Å². The molecule has 23 heavy (non-hydrogen) atoms. The Morgan fingerprint density at radius 3 is 2.48 bits per heavy atom. The molecule has 7 nitrogen and oxygen atoms in total. The van der Waals surface area contributed by atoms with Gasteiger partial charge in [-0.3, -0.25) is 0 Å². The largest absolute Gasteiger partial charge is 0.379 e. The summed E-state index contributed by atoms with van der Waals surface area (Å²) in [6.45, 7) is 0. The second-order valence-electron chi connectivity index (χ2n) is 4.36. The Balaban J connectivity index is 1.86. The predicted molar refractivity (Wildman–Crippen MR) is 78.4 cm³/mol. The Hall–Kier alpha value is -2.52. The molecule has 118 valence electrons. The van der Waals surface area contributed by atoms with E-state index in [1.54, 1.807) is 12.1 Å². The van der Waals surface area contributed by atoms with Gasteiger partial charge in [-0.1, -0.05) is 11.6 Å². The number of aromatic nitrogens is 4. The molecule has 0 unspecified atom stereocenters. The quantitative estimate of drug-likeness (QED) is 0.668. The maximum atomic E-state index is 13.0. The zero-order valence-corrected chi connectivity index (χ0v) is 12.9. The van der Waals surface area contributed by atoms with Crippen LogP contribution in [0.1, 0.15) is 0 Å². The predicted octanol–water partition coefficient (Wildman–Crippen LogP) is 2.22. The van der Waals surface area contributed by atoms with E-state index in [0.717, 1.165) is 18.2 Å². The van der Waals surface area contributed by atoms with Crippen molar-refractivity contribution in [2.24, 2.45) is 0 Å². The van der Waals surface area contributed by atoms with Gasteiger partial charge in [0.25, 0.3) is 0 Å². The van der Waals surface area contributed by atoms with Gasteiger partial charge >= 0.3 is 10.1 Å². The third-order valence-corrected chi connectivity index (χ3v) is 4.55. The molecule has 3 aromatic rings. The van der Waals surface area contributed by atoms with Crippen LogP contribution in [-0.4, -0.2) is 28.6 Å². The lowest BCUT2D eigenvalue weighted by molar-refractivity contribution is 0.486. The second-order valence-corrected chi connectivity index (χ2v) is 6.28. The van der Waals surface area contributed by atoms with Gasteiger partial charge in [-0.2, -0.15) is 8.42 Å². The van der Waals surface area contributed by atoms with Crippen LogP contribution in [0.3, 0.4) is 0 Å². The molecule has 0 saturated carbocycles. The van der Waals surface area contributed by atoms with Gasteiger partial charge in [0.15, 0.2) is 0 Å². The minimum atomic E-state index is -4.17. The lowest BCUT2D eigenvalue weighted by atomic mass is 10.3. The summed E-state index contributed by atoms with van der Waals surface area (Å²) in [4.78, 5) is -0.315. The fourth-order valence-corrected chi connectivity index (χ4v) is 3.22. The third kappa shape index (κ3) is 3.30. The SMILES string of the molecule is O=S(=O)(Oc1ccc(-n2cnnn2)cc1)c1ccc(F)cc1Cl. The first kappa shape index (κ1) is 15.4. The molecule has 0 saturated heterocycles. The van der Waals surface area contributed by atoms with Crippen LogP contribution in [0.15, 0.2) is 53.7 Å². The van der Waals surface area contributed by atoms with E-state index in [-0.39, 0.29) is 15.7 Å². The molecule has 2 aromatic carbocycles. The number of benzene rings is 2. The van der Waals surface area contributed by atoms with Crippen molar-refractivity contribution in [2.75, 3.05) is 0 Å². The third-order valence-electron chi connectivity index (χ3n) is 2.82. The summed E-state index contributed by atoms with van der Waals surface area (Å²) in [7, 11) is -4.17. The Morgan fingerprint density at radius 2 is 1.87 bits per heavy atom. The number of rotatable bonds is 4. The second kappa shape index (κ2) is 5.94. The summed E-state index contributed by atoms with van der Waals surface area (Å²) < 4.78 is 43.7. The van der Waals surface area contributed by atoms with Crippen LogP contribution in [0.4, 0.5) is 4.39 Å². The number of hydrogen-bond acceptors (Lipinski definition) is 6. The van der Waals surface area contributed by atoms with Crippen molar-refractivity contribution in [1.82, 2.24) is 20.2 Å². The maximum Gasteiger partial charge on any atom is 0.340 e. The minimum Gasteiger partial charge on any atom is -0.379 e. The number of hydrogen-bond donors (Lipinski definition) is 0. The summed E-state index contributed by atoms with van der Waals surface area (Å²) in [5, 5.41) is 10.4. The highest BCUT2D eigenvalue weighted by Crippen LogP contribution is 2.26. The van der Waals surface area contributed by atoms with Gasteiger partial charge in [0, 0.05) is 0 Å². The summed E-state index contributed by atoms with van der Waals surface area (Å²) in [6, 6.07) is 8.96. The molecule has 0 N–H and O–H groups in total. The molecule has 0 radical (unpaired) electrons. The zero-order chi connectivity index (χ0) is 16.4. The molecule has 0 aliphatic rings. The van der Waals surface area contributed by atoms with E-state index in [1.807, 2.05) is 0 Å². The lowest BCUT2D eigenvalue weighted by Crippen LogP contribution is -2.10. The van der Waals surface area contributed by atoms with Gasteiger partial charge in [-0.15, -0.1) is 5.10 Å². The van der Waals surface area contributed by atoms with Crippen molar-refractivity contribution in [3.05, 3.63) is 59.6 Å². The monoisotopic (exact) mass is 354 g/mol. The molecule has 1 heterocycles. The molecule has 0 bridgehead atoms. The number of halogens is 2. The van der Waals surface area contributed by atoms with Gasteiger partial charge in [0.1, 0.15) is 22.8 Å².